The normalized spacial score (nSPS) is 10.6. The minimum Gasteiger partial charge on any atom is -0.368 e. The van der Waals surface area contributed by atoms with E-state index < -0.39 is 5.92 Å². The molecule has 0 saturated carbocycles. The van der Waals surface area contributed by atoms with Gasteiger partial charge in [-0.3, -0.25) is 9.59 Å². The topological polar surface area (TPSA) is 108 Å². The molecule has 8 nitrogen and oxygen atoms in total. The van der Waals surface area contributed by atoms with E-state index in [0.717, 1.165) is 22.3 Å². The van der Waals surface area contributed by atoms with E-state index in [4.69, 9.17) is 9.97 Å². The molecule has 39 heavy (non-hydrogen) atoms. The van der Waals surface area contributed by atoms with Crippen LogP contribution in [0.5, 0.6) is 0 Å². The molecule has 0 aliphatic rings. The first-order chi connectivity index (χ1) is 19.0. The molecule has 0 atom stereocenters. The maximum Gasteiger partial charge on any atom is 0.232 e. The van der Waals surface area contributed by atoms with Crippen LogP contribution in [0.25, 0.3) is 11.4 Å². The Bertz CT molecular complexity index is 1320. The highest BCUT2D eigenvalue weighted by atomic mass is 16.2. The summed E-state index contributed by atoms with van der Waals surface area (Å²) in [6.45, 7) is 5.35. The van der Waals surface area contributed by atoms with Gasteiger partial charge in [0.1, 0.15) is 11.6 Å². The Hall–Kier alpha value is -4.72. The molecule has 4 rings (SSSR count). The monoisotopic (exact) mass is 522 g/mol. The van der Waals surface area contributed by atoms with Crippen molar-refractivity contribution in [3.8, 4) is 11.4 Å². The van der Waals surface area contributed by atoms with E-state index >= 15 is 0 Å². The second kappa shape index (κ2) is 13.7. The minimum absolute atomic E-state index is 0.0566. The van der Waals surface area contributed by atoms with Crippen molar-refractivity contribution in [2.75, 3.05) is 36.8 Å². The number of hydrogen-bond donors (Lipinski definition) is 4. The zero-order chi connectivity index (χ0) is 27.5. The van der Waals surface area contributed by atoms with E-state index in [-0.39, 0.29) is 11.8 Å². The average molecular weight is 523 g/mol. The Morgan fingerprint density at radius 1 is 0.667 bits per heavy atom. The van der Waals surface area contributed by atoms with E-state index in [0.29, 0.717) is 43.6 Å². The van der Waals surface area contributed by atoms with Crippen molar-refractivity contribution >= 4 is 23.5 Å². The van der Waals surface area contributed by atoms with Gasteiger partial charge >= 0.3 is 0 Å². The lowest BCUT2D eigenvalue weighted by atomic mass is 9.90. The van der Waals surface area contributed by atoms with Crippen molar-refractivity contribution in [2.45, 2.75) is 19.8 Å². The van der Waals surface area contributed by atoms with Crippen molar-refractivity contribution in [2.24, 2.45) is 0 Å². The molecule has 4 N–H and O–H groups in total. The molecule has 0 spiro atoms. The van der Waals surface area contributed by atoms with Gasteiger partial charge in [0.15, 0.2) is 5.82 Å². The summed E-state index contributed by atoms with van der Waals surface area (Å²) in [5, 5.41) is 12.5. The fraction of sp³-hybridized carbons (Fsp3) is 0.226. The first-order valence-corrected chi connectivity index (χ1v) is 13.1. The van der Waals surface area contributed by atoms with Gasteiger partial charge in [-0.2, -0.15) is 0 Å². The standard InChI is InChI=1S/C31H34N6O2/c1-22-28(33-19-18-32-23(2)38)36-30(26-16-10-5-11-17-26)37-29(22)34-20-21-35-31(39)27(24-12-6-3-7-13-24)25-14-8-4-9-15-25/h3-17,27H,18-21H2,1-2H3,(H,32,38)(H,35,39)(H2,33,34,36,37). The highest BCUT2D eigenvalue weighted by Gasteiger charge is 2.22. The molecule has 0 fully saturated rings. The van der Waals surface area contributed by atoms with E-state index in [2.05, 4.69) is 21.3 Å². The van der Waals surface area contributed by atoms with Gasteiger partial charge < -0.3 is 21.3 Å². The number of rotatable bonds is 12. The lowest BCUT2D eigenvalue weighted by Crippen LogP contribution is -2.33. The molecular formula is C31H34N6O2. The van der Waals surface area contributed by atoms with Gasteiger partial charge in [0.25, 0.3) is 0 Å². The zero-order valence-corrected chi connectivity index (χ0v) is 22.3. The second-order valence-electron chi connectivity index (χ2n) is 9.12. The number of benzene rings is 3. The molecule has 0 unspecified atom stereocenters. The maximum absolute atomic E-state index is 13.3. The summed E-state index contributed by atoms with van der Waals surface area (Å²) in [7, 11) is 0. The van der Waals surface area contributed by atoms with Crippen LogP contribution in [-0.2, 0) is 9.59 Å². The average Bonchev–Trinajstić information content (AvgIpc) is 2.96. The minimum atomic E-state index is -0.391. The molecule has 0 aliphatic carbocycles. The summed E-state index contributed by atoms with van der Waals surface area (Å²) < 4.78 is 0. The van der Waals surface area contributed by atoms with E-state index in [1.54, 1.807) is 0 Å². The van der Waals surface area contributed by atoms with Gasteiger partial charge in [-0.05, 0) is 18.1 Å². The number of hydrogen-bond acceptors (Lipinski definition) is 6. The van der Waals surface area contributed by atoms with Gasteiger partial charge in [-0.15, -0.1) is 0 Å². The molecule has 2 amide bonds. The second-order valence-corrected chi connectivity index (χ2v) is 9.12. The highest BCUT2D eigenvalue weighted by Crippen LogP contribution is 2.26. The van der Waals surface area contributed by atoms with Crippen LogP contribution in [0.4, 0.5) is 11.6 Å². The van der Waals surface area contributed by atoms with Gasteiger partial charge in [-0.1, -0.05) is 91.0 Å². The molecular weight excluding hydrogens is 488 g/mol. The maximum atomic E-state index is 13.3. The predicted molar refractivity (Wildman–Crippen MR) is 156 cm³/mol. The smallest absolute Gasteiger partial charge is 0.232 e. The third-order valence-electron chi connectivity index (χ3n) is 6.21. The summed E-state index contributed by atoms with van der Waals surface area (Å²) in [5.74, 6) is 1.43. The van der Waals surface area contributed by atoms with Crippen LogP contribution in [-0.4, -0.2) is 48.0 Å². The van der Waals surface area contributed by atoms with Crippen LogP contribution < -0.4 is 21.3 Å². The van der Waals surface area contributed by atoms with Crippen molar-refractivity contribution in [3.05, 3.63) is 108 Å². The fourth-order valence-electron chi connectivity index (χ4n) is 4.25. The fourth-order valence-corrected chi connectivity index (χ4v) is 4.25. The lowest BCUT2D eigenvalue weighted by molar-refractivity contribution is -0.121. The number of amides is 2. The van der Waals surface area contributed by atoms with Crippen LogP contribution in [0.3, 0.4) is 0 Å². The molecule has 1 heterocycles. The SMILES string of the molecule is CC(=O)NCCNc1nc(-c2ccccc2)nc(NCCNC(=O)C(c2ccccc2)c2ccccc2)c1C. The lowest BCUT2D eigenvalue weighted by Gasteiger charge is -2.19. The van der Waals surface area contributed by atoms with Gasteiger partial charge in [-0.25, -0.2) is 9.97 Å². The number of carbonyl (C=O) groups is 2. The van der Waals surface area contributed by atoms with Crippen LogP contribution >= 0.6 is 0 Å². The number of carbonyl (C=O) groups excluding carboxylic acids is 2. The molecule has 0 radical (unpaired) electrons. The third kappa shape index (κ3) is 7.64. The first kappa shape index (κ1) is 27.3. The Morgan fingerprint density at radius 2 is 1.13 bits per heavy atom. The number of anilines is 2. The van der Waals surface area contributed by atoms with E-state index in [1.807, 2.05) is 97.9 Å². The Morgan fingerprint density at radius 3 is 1.62 bits per heavy atom. The van der Waals surface area contributed by atoms with E-state index in [9.17, 15) is 9.59 Å². The molecule has 4 aromatic rings. The van der Waals surface area contributed by atoms with Gasteiger partial charge in [0, 0.05) is 44.2 Å². The Kier molecular flexibility index (Phi) is 9.61. The van der Waals surface area contributed by atoms with Crippen LogP contribution in [0.2, 0.25) is 0 Å². The van der Waals surface area contributed by atoms with Crippen LogP contribution in [0.1, 0.15) is 29.5 Å². The quantitative estimate of drug-likeness (QED) is 0.206. The van der Waals surface area contributed by atoms with Gasteiger partial charge in [0.2, 0.25) is 11.8 Å². The molecule has 0 saturated heterocycles. The largest absolute Gasteiger partial charge is 0.368 e. The zero-order valence-electron chi connectivity index (χ0n) is 22.3. The first-order valence-electron chi connectivity index (χ1n) is 13.1. The molecule has 1 aromatic heterocycles. The third-order valence-corrected chi connectivity index (χ3v) is 6.21. The highest BCUT2D eigenvalue weighted by molar-refractivity contribution is 5.87. The van der Waals surface area contributed by atoms with Crippen LogP contribution in [0.15, 0.2) is 91.0 Å². The van der Waals surface area contributed by atoms with Crippen molar-refractivity contribution in [1.82, 2.24) is 20.6 Å². The summed E-state index contributed by atoms with van der Waals surface area (Å²) in [6.07, 6.45) is 0. The van der Waals surface area contributed by atoms with Crippen LogP contribution in [0, 0.1) is 6.92 Å². The van der Waals surface area contributed by atoms with Crippen molar-refractivity contribution < 1.29 is 9.59 Å². The Balaban J connectivity index is 1.45. The van der Waals surface area contributed by atoms with Crippen molar-refractivity contribution in [3.63, 3.8) is 0 Å². The molecule has 200 valence electrons. The molecule has 8 heteroatoms. The van der Waals surface area contributed by atoms with E-state index in [1.165, 1.54) is 6.92 Å². The number of nitrogens with zero attached hydrogens (tertiary/aromatic N) is 2. The van der Waals surface area contributed by atoms with Gasteiger partial charge in [0.05, 0.1) is 5.92 Å². The summed E-state index contributed by atoms with van der Waals surface area (Å²) >= 11 is 0. The van der Waals surface area contributed by atoms with Crippen molar-refractivity contribution in [1.29, 1.82) is 0 Å². The molecule has 0 aliphatic heterocycles. The summed E-state index contributed by atoms with van der Waals surface area (Å²) in [6, 6.07) is 29.4. The summed E-state index contributed by atoms with van der Waals surface area (Å²) in [4.78, 5) is 34.0. The summed E-state index contributed by atoms with van der Waals surface area (Å²) in [5.41, 5.74) is 3.65. The number of nitrogens with one attached hydrogen (secondary N) is 4. The Labute approximate surface area is 229 Å². The number of aromatic nitrogens is 2. The molecule has 3 aromatic carbocycles. The predicted octanol–water partition coefficient (Wildman–Crippen LogP) is 4.36. The molecule has 0 bridgehead atoms.